The van der Waals surface area contributed by atoms with Crippen molar-refractivity contribution >= 4 is 29.7 Å². The number of hydrogen-bond donors (Lipinski definition) is 6. The van der Waals surface area contributed by atoms with E-state index in [1.807, 2.05) is 34.0 Å². The highest BCUT2D eigenvalue weighted by atomic mass is 32.2. The molecule has 0 saturated carbocycles. The molecular formula is C17H37N3O6S. The Morgan fingerprint density at radius 1 is 0.889 bits per heavy atom. The smallest absolute Gasteiger partial charge is 0.320 e. The van der Waals surface area contributed by atoms with Crippen molar-refractivity contribution in [1.82, 2.24) is 0 Å². The monoisotopic (exact) mass is 411 g/mol. The molecule has 0 radical (unpaired) electrons. The van der Waals surface area contributed by atoms with Gasteiger partial charge in [0.1, 0.15) is 18.1 Å². The first-order valence-corrected chi connectivity index (χ1v) is 10.1. The fourth-order valence-corrected chi connectivity index (χ4v) is 1.96. The van der Waals surface area contributed by atoms with Gasteiger partial charge >= 0.3 is 17.9 Å². The number of carboxylic acid groups (broad SMARTS) is 3. The summed E-state index contributed by atoms with van der Waals surface area (Å²) in [7, 11) is 0. The molecule has 0 saturated heterocycles. The molecule has 162 valence electrons. The zero-order valence-corrected chi connectivity index (χ0v) is 17.7. The van der Waals surface area contributed by atoms with Gasteiger partial charge in [-0.2, -0.15) is 11.8 Å². The fraction of sp³-hybridized carbons (Fsp3) is 0.824. The van der Waals surface area contributed by atoms with Crippen LogP contribution in [0.4, 0.5) is 0 Å². The minimum absolute atomic E-state index is 0.0718. The van der Waals surface area contributed by atoms with Crippen LogP contribution in [0.25, 0.3) is 0 Å². The lowest BCUT2D eigenvalue weighted by Gasteiger charge is -2.11. The van der Waals surface area contributed by atoms with Crippen molar-refractivity contribution < 1.29 is 29.7 Å². The number of aliphatic carboxylic acids is 3. The van der Waals surface area contributed by atoms with Gasteiger partial charge in [-0.05, 0) is 36.7 Å². The molecule has 4 unspecified atom stereocenters. The Hall–Kier alpha value is -1.36. The van der Waals surface area contributed by atoms with E-state index in [1.54, 1.807) is 11.8 Å². The van der Waals surface area contributed by atoms with Crippen LogP contribution in [0.5, 0.6) is 0 Å². The lowest BCUT2D eigenvalue weighted by atomic mass is 10.0. The van der Waals surface area contributed by atoms with Crippen LogP contribution >= 0.6 is 11.8 Å². The van der Waals surface area contributed by atoms with Gasteiger partial charge < -0.3 is 32.5 Å². The number of carbonyl (C=O) groups is 3. The van der Waals surface area contributed by atoms with E-state index in [9.17, 15) is 14.4 Å². The van der Waals surface area contributed by atoms with E-state index in [4.69, 9.17) is 32.5 Å². The minimum atomic E-state index is -0.913. The Morgan fingerprint density at radius 2 is 1.33 bits per heavy atom. The van der Waals surface area contributed by atoms with E-state index >= 15 is 0 Å². The first-order valence-electron chi connectivity index (χ1n) is 8.75. The Balaban J connectivity index is -0.000000320. The van der Waals surface area contributed by atoms with Crippen LogP contribution in [0, 0.1) is 11.8 Å². The van der Waals surface area contributed by atoms with Crippen LogP contribution in [-0.4, -0.2) is 63.4 Å². The molecule has 0 aliphatic rings. The highest BCUT2D eigenvalue weighted by Crippen LogP contribution is 2.04. The Morgan fingerprint density at radius 3 is 1.52 bits per heavy atom. The molecule has 0 aromatic rings. The summed E-state index contributed by atoms with van der Waals surface area (Å²) in [4.78, 5) is 30.4. The Kier molecular flexibility index (Phi) is 20.3. The molecule has 0 amide bonds. The number of rotatable bonds is 10. The molecule has 4 atom stereocenters. The van der Waals surface area contributed by atoms with E-state index in [1.165, 1.54) is 0 Å². The largest absolute Gasteiger partial charge is 0.480 e. The second-order valence-electron chi connectivity index (χ2n) is 6.55. The summed E-state index contributed by atoms with van der Waals surface area (Å²) in [6, 6.07) is -2.07. The van der Waals surface area contributed by atoms with Gasteiger partial charge in [-0.25, -0.2) is 0 Å². The topological polar surface area (TPSA) is 190 Å². The lowest BCUT2D eigenvalue weighted by molar-refractivity contribution is -0.140. The number of nitrogens with two attached hydrogens (primary N) is 3. The van der Waals surface area contributed by atoms with Crippen LogP contribution in [-0.2, 0) is 14.4 Å². The van der Waals surface area contributed by atoms with Gasteiger partial charge in [0.05, 0.1) is 0 Å². The van der Waals surface area contributed by atoms with Gasteiger partial charge in [-0.15, -0.1) is 0 Å². The zero-order chi connectivity index (χ0) is 22.2. The van der Waals surface area contributed by atoms with Crippen LogP contribution in [0.3, 0.4) is 0 Å². The van der Waals surface area contributed by atoms with E-state index in [0.717, 1.165) is 12.2 Å². The summed E-state index contributed by atoms with van der Waals surface area (Å²) in [6.45, 7) is 7.65. The number of carboxylic acids is 3. The second kappa shape index (κ2) is 18.0. The molecule has 10 heteroatoms. The highest BCUT2D eigenvalue weighted by Gasteiger charge is 2.17. The summed E-state index contributed by atoms with van der Waals surface area (Å²) < 4.78 is 0. The van der Waals surface area contributed by atoms with Gasteiger partial charge in [0.2, 0.25) is 0 Å². The summed E-state index contributed by atoms with van der Waals surface area (Å²) in [5, 5.41) is 24.9. The molecular weight excluding hydrogens is 374 g/mol. The predicted molar refractivity (Wildman–Crippen MR) is 109 cm³/mol. The maximum absolute atomic E-state index is 10.2. The maximum Gasteiger partial charge on any atom is 0.320 e. The normalized spacial score (nSPS) is 14.6. The van der Waals surface area contributed by atoms with E-state index < -0.39 is 36.0 Å². The molecule has 0 rings (SSSR count). The maximum atomic E-state index is 10.2. The Labute approximate surface area is 166 Å². The molecule has 9 nitrogen and oxygen atoms in total. The first kappa shape index (κ1) is 30.4. The van der Waals surface area contributed by atoms with Crippen molar-refractivity contribution in [3.05, 3.63) is 0 Å². The standard InChI is InChI=1S/2C6H13NO2.C5H11NO2S/c1-4(2)3-5(7)6(8)9;1-3-4(2)5(7)6(8)9;1-9-3-2-4(6)5(7)8/h2*4-5H,3,7H2,1-2H3,(H,8,9);4H,2-3,6H2,1H3,(H,7,8). The summed E-state index contributed by atoms with van der Waals surface area (Å²) in [6.07, 6.45) is 3.84. The molecule has 0 aliphatic heterocycles. The van der Waals surface area contributed by atoms with Gasteiger partial charge in [0, 0.05) is 0 Å². The average Bonchev–Trinajstić information content (AvgIpc) is 2.58. The van der Waals surface area contributed by atoms with Crippen LogP contribution in [0.15, 0.2) is 0 Å². The number of hydrogen-bond acceptors (Lipinski definition) is 7. The third-order valence-corrected chi connectivity index (χ3v) is 4.18. The lowest BCUT2D eigenvalue weighted by Crippen LogP contribution is -2.36. The van der Waals surface area contributed by atoms with Crippen molar-refractivity contribution in [2.24, 2.45) is 29.0 Å². The van der Waals surface area contributed by atoms with Crippen LogP contribution in [0.1, 0.15) is 47.0 Å². The van der Waals surface area contributed by atoms with Gasteiger partial charge in [-0.1, -0.05) is 34.1 Å². The van der Waals surface area contributed by atoms with Crippen molar-refractivity contribution in [2.45, 2.75) is 65.1 Å². The average molecular weight is 412 g/mol. The molecule has 9 N–H and O–H groups in total. The molecule has 0 fully saturated rings. The molecule has 0 heterocycles. The molecule has 27 heavy (non-hydrogen) atoms. The van der Waals surface area contributed by atoms with Crippen molar-refractivity contribution in [1.29, 1.82) is 0 Å². The summed E-state index contributed by atoms with van der Waals surface area (Å²) in [5.41, 5.74) is 15.7. The fourth-order valence-electron chi connectivity index (χ4n) is 1.47. The van der Waals surface area contributed by atoms with E-state index in [2.05, 4.69) is 0 Å². The van der Waals surface area contributed by atoms with E-state index in [-0.39, 0.29) is 5.92 Å². The molecule has 0 spiro atoms. The third kappa shape index (κ3) is 20.8. The molecule has 0 aromatic carbocycles. The van der Waals surface area contributed by atoms with E-state index in [0.29, 0.717) is 18.8 Å². The van der Waals surface area contributed by atoms with Crippen molar-refractivity contribution in [2.75, 3.05) is 12.0 Å². The SMILES string of the molecule is CC(C)CC(N)C(=O)O.CCC(C)C(N)C(=O)O.CSCCC(N)C(=O)O. The molecule has 0 bridgehead atoms. The first-order chi connectivity index (χ1) is 12.3. The van der Waals surface area contributed by atoms with Crippen molar-refractivity contribution in [3.8, 4) is 0 Å². The quantitative estimate of drug-likeness (QED) is 0.303. The highest BCUT2D eigenvalue weighted by molar-refractivity contribution is 7.98. The summed E-state index contributed by atoms with van der Waals surface area (Å²) in [5.74, 6) is -1.50. The van der Waals surface area contributed by atoms with Gasteiger partial charge in [0.25, 0.3) is 0 Å². The van der Waals surface area contributed by atoms with Crippen LogP contribution in [0.2, 0.25) is 0 Å². The third-order valence-electron chi connectivity index (χ3n) is 3.53. The summed E-state index contributed by atoms with van der Waals surface area (Å²) >= 11 is 1.60. The van der Waals surface area contributed by atoms with Gasteiger partial charge in [-0.3, -0.25) is 14.4 Å². The van der Waals surface area contributed by atoms with Crippen molar-refractivity contribution in [3.63, 3.8) is 0 Å². The second-order valence-corrected chi connectivity index (χ2v) is 7.54. The molecule has 0 aromatic heterocycles. The minimum Gasteiger partial charge on any atom is -0.480 e. The number of thioether (sulfide) groups is 1. The Bertz CT molecular complexity index is 423. The zero-order valence-electron chi connectivity index (χ0n) is 16.9. The molecule has 0 aliphatic carbocycles. The predicted octanol–water partition coefficient (Wildman–Crippen LogP) is 1.04. The van der Waals surface area contributed by atoms with Crippen LogP contribution < -0.4 is 17.2 Å². The van der Waals surface area contributed by atoms with Gasteiger partial charge in [0.15, 0.2) is 0 Å².